The van der Waals surface area contributed by atoms with Gasteiger partial charge in [0.05, 0.1) is 6.04 Å². The highest BCUT2D eigenvalue weighted by atomic mass is 16.5. The molecule has 0 aliphatic carbocycles. The van der Waals surface area contributed by atoms with Gasteiger partial charge in [-0.25, -0.2) is 0 Å². The SMILES string of the molecule is CC(C)c1ccc(OCC2Cc3ccccc3CN2C(=O)c2cccc3ccccc23)cc1. The number of benzene rings is 4. The van der Waals surface area contributed by atoms with Crippen molar-refractivity contribution >= 4 is 16.7 Å². The van der Waals surface area contributed by atoms with Gasteiger partial charge in [-0.05, 0) is 58.0 Å². The summed E-state index contributed by atoms with van der Waals surface area (Å²) in [5, 5.41) is 2.08. The lowest BCUT2D eigenvalue weighted by molar-refractivity contribution is 0.0568. The van der Waals surface area contributed by atoms with E-state index in [1.807, 2.05) is 53.4 Å². The zero-order valence-electron chi connectivity index (χ0n) is 19.2. The fourth-order valence-corrected chi connectivity index (χ4v) is 4.68. The maximum atomic E-state index is 13.8. The molecule has 1 unspecified atom stereocenters. The molecule has 0 saturated carbocycles. The first-order chi connectivity index (χ1) is 16.1. The van der Waals surface area contributed by atoms with E-state index in [2.05, 4.69) is 56.3 Å². The molecule has 5 rings (SSSR count). The van der Waals surface area contributed by atoms with Gasteiger partial charge in [-0.3, -0.25) is 4.79 Å². The summed E-state index contributed by atoms with van der Waals surface area (Å²) < 4.78 is 6.21. The van der Waals surface area contributed by atoms with Crippen LogP contribution in [0, 0.1) is 0 Å². The number of rotatable bonds is 5. The summed E-state index contributed by atoms with van der Waals surface area (Å²) in [5.41, 5.74) is 4.55. The van der Waals surface area contributed by atoms with Crippen molar-refractivity contribution in [2.24, 2.45) is 0 Å². The number of hydrogen-bond acceptors (Lipinski definition) is 2. The van der Waals surface area contributed by atoms with Crippen LogP contribution in [-0.2, 0) is 13.0 Å². The third kappa shape index (κ3) is 4.36. The molecule has 33 heavy (non-hydrogen) atoms. The molecule has 0 radical (unpaired) electrons. The summed E-state index contributed by atoms with van der Waals surface area (Å²) in [7, 11) is 0. The molecule has 3 nitrogen and oxygen atoms in total. The van der Waals surface area contributed by atoms with Crippen molar-refractivity contribution in [1.29, 1.82) is 0 Å². The van der Waals surface area contributed by atoms with Gasteiger partial charge >= 0.3 is 0 Å². The Morgan fingerprint density at radius 3 is 2.36 bits per heavy atom. The van der Waals surface area contributed by atoms with E-state index in [9.17, 15) is 4.79 Å². The molecule has 1 heterocycles. The topological polar surface area (TPSA) is 29.5 Å². The van der Waals surface area contributed by atoms with Crippen molar-refractivity contribution < 1.29 is 9.53 Å². The highest BCUT2D eigenvalue weighted by Gasteiger charge is 2.31. The van der Waals surface area contributed by atoms with E-state index < -0.39 is 0 Å². The summed E-state index contributed by atoms with van der Waals surface area (Å²) in [6, 6.07) is 30.7. The average Bonchev–Trinajstić information content (AvgIpc) is 2.86. The first kappa shape index (κ1) is 21.3. The molecule has 0 fully saturated rings. The summed E-state index contributed by atoms with van der Waals surface area (Å²) >= 11 is 0. The van der Waals surface area contributed by atoms with Gasteiger partial charge in [-0.15, -0.1) is 0 Å². The quantitative estimate of drug-likeness (QED) is 0.353. The van der Waals surface area contributed by atoms with Gasteiger partial charge in [0, 0.05) is 12.1 Å². The standard InChI is InChI=1S/C30H29NO2/c1-21(2)22-14-16-27(17-15-22)33-20-26-18-24-9-3-4-10-25(24)19-31(26)30(32)29-13-7-11-23-8-5-6-12-28(23)29/h3-17,21,26H,18-20H2,1-2H3. The molecule has 0 N–H and O–H groups in total. The molecule has 1 aliphatic rings. The lowest BCUT2D eigenvalue weighted by Gasteiger charge is -2.37. The highest BCUT2D eigenvalue weighted by molar-refractivity contribution is 6.07. The van der Waals surface area contributed by atoms with E-state index in [-0.39, 0.29) is 11.9 Å². The Balaban J connectivity index is 1.43. The van der Waals surface area contributed by atoms with Crippen LogP contribution in [0.2, 0.25) is 0 Å². The van der Waals surface area contributed by atoms with Crippen LogP contribution in [0.15, 0.2) is 91.0 Å². The fourth-order valence-electron chi connectivity index (χ4n) is 4.68. The van der Waals surface area contributed by atoms with Crippen molar-refractivity contribution in [1.82, 2.24) is 4.90 Å². The van der Waals surface area contributed by atoms with E-state index >= 15 is 0 Å². The van der Waals surface area contributed by atoms with Crippen molar-refractivity contribution in [3.63, 3.8) is 0 Å². The van der Waals surface area contributed by atoms with E-state index in [4.69, 9.17) is 4.74 Å². The summed E-state index contributed by atoms with van der Waals surface area (Å²) in [4.78, 5) is 15.8. The number of amides is 1. The van der Waals surface area contributed by atoms with Crippen LogP contribution in [0.25, 0.3) is 10.8 Å². The fraction of sp³-hybridized carbons (Fsp3) is 0.233. The third-order valence-electron chi connectivity index (χ3n) is 6.63. The largest absolute Gasteiger partial charge is 0.491 e. The number of fused-ring (bicyclic) bond motifs is 2. The number of ether oxygens (including phenoxy) is 1. The molecule has 0 saturated heterocycles. The van der Waals surface area contributed by atoms with E-state index in [0.29, 0.717) is 19.1 Å². The number of nitrogens with zero attached hydrogens (tertiary/aromatic N) is 1. The van der Waals surface area contributed by atoms with E-state index in [1.54, 1.807) is 0 Å². The first-order valence-corrected chi connectivity index (χ1v) is 11.7. The molecule has 4 aromatic rings. The Hall–Kier alpha value is -3.59. The summed E-state index contributed by atoms with van der Waals surface area (Å²) in [6.45, 7) is 5.43. The minimum Gasteiger partial charge on any atom is -0.491 e. The van der Waals surface area contributed by atoms with Crippen LogP contribution >= 0.6 is 0 Å². The van der Waals surface area contributed by atoms with Crippen LogP contribution in [0.5, 0.6) is 5.75 Å². The molecule has 4 aromatic carbocycles. The van der Waals surface area contributed by atoms with Crippen molar-refractivity contribution in [3.8, 4) is 5.75 Å². The molecule has 0 aromatic heterocycles. The van der Waals surface area contributed by atoms with Crippen LogP contribution in [0.4, 0.5) is 0 Å². The molecule has 166 valence electrons. The Bertz CT molecular complexity index is 1270. The van der Waals surface area contributed by atoms with Crippen molar-refractivity contribution in [2.75, 3.05) is 6.61 Å². The monoisotopic (exact) mass is 435 g/mol. The van der Waals surface area contributed by atoms with Crippen LogP contribution in [-0.4, -0.2) is 23.5 Å². The Morgan fingerprint density at radius 1 is 0.879 bits per heavy atom. The van der Waals surface area contributed by atoms with Gasteiger partial charge < -0.3 is 9.64 Å². The molecule has 0 bridgehead atoms. The Labute approximate surface area is 195 Å². The molecule has 1 atom stereocenters. The van der Waals surface area contributed by atoms with Crippen molar-refractivity contribution in [3.05, 3.63) is 113 Å². The van der Waals surface area contributed by atoms with Crippen LogP contribution in [0.1, 0.15) is 46.8 Å². The highest BCUT2D eigenvalue weighted by Crippen LogP contribution is 2.28. The van der Waals surface area contributed by atoms with Gasteiger partial charge in [0.2, 0.25) is 0 Å². The Morgan fingerprint density at radius 2 is 1.58 bits per heavy atom. The average molecular weight is 436 g/mol. The van der Waals surface area contributed by atoms with Crippen LogP contribution < -0.4 is 4.74 Å². The maximum Gasteiger partial charge on any atom is 0.255 e. The summed E-state index contributed by atoms with van der Waals surface area (Å²) in [5.74, 6) is 1.39. The first-order valence-electron chi connectivity index (χ1n) is 11.7. The second-order valence-corrected chi connectivity index (χ2v) is 9.12. The minimum atomic E-state index is -0.0313. The smallest absolute Gasteiger partial charge is 0.255 e. The number of hydrogen-bond donors (Lipinski definition) is 0. The molecular formula is C30H29NO2. The van der Waals surface area contributed by atoms with Crippen molar-refractivity contribution in [2.45, 2.75) is 38.8 Å². The number of carbonyl (C=O) groups excluding carboxylic acids is 1. The molecule has 0 spiro atoms. The maximum absolute atomic E-state index is 13.8. The predicted octanol–water partition coefficient (Wildman–Crippen LogP) is 6.61. The lowest BCUT2D eigenvalue weighted by Crippen LogP contribution is -2.47. The summed E-state index contributed by atoms with van der Waals surface area (Å²) in [6.07, 6.45) is 0.788. The molecule has 3 heteroatoms. The molecule has 1 amide bonds. The van der Waals surface area contributed by atoms with E-state index in [1.165, 1.54) is 16.7 Å². The molecule has 1 aliphatic heterocycles. The second-order valence-electron chi connectivity index (χ2n) is 9.12. The number of carbonyl (C=O) groups is 1. The van der Waals surface area contributed by atoms with Gasteiger partial charge in [-0.2, -0.15) is 0 Å². The zero-order valence-corrected chi connectivity index (χ0v) is 19.2. The Kier molecular flexibility index (Phi) is 5.87. The minimum absolute atomic E-state index is 0.0313. The predicted molar refractivity (Wildman–Crippen MR) is 134 cm³/mol. The second kappa shape index (κ2) is 9.11. The van der Waals surface area contributed by atoms with Gasteiger partial charge in [0.15, 0.2) is 0 Å². The van der Waals surface area contributed by atoms with Crippen LogP contribution in [0.3, 0.4) is 0 Å². The molecular weight excluding hydrogens is 406 g/mol. The normalized spacial score (nSPS) is 15.5. The lowest BCUT2D eigenvalue weighted by atomic mass is 9.93. The van der Waals surface area contributed by atoms with Gasteiger partial charge in [-0.1, -0.05) is 86.6 Å². The van der Waals surface area contributed by atoms with E-state index in [0.717, 1.165) is 28.5 Å². The zero-order chi connectivity index (χ0) is 22.8. The van der Waals surface area contributed by atoms with Gasteiger partial charge in [0.25, 0.3) is 5.91 Å². The van der Waals surface area contributed by atoms with Gasteiger partial charge in [0.1, 0.15) is 12.4 Å². The third-order valence-corrected chi connectivity index (χ3v) is 6.63.